The number of hydrogen-bond donors (Lipinski definition) is 0. The maximum atomic E-state index is 12.4. The Labute approximate surface area is 135 Å². The minimum atomic E-state index is -2.96. The number of benzene rings is 1. The second-order valence-electron chi connectivity index (χ2n) is 4.72. The lowest BCUT2D eigenvalue weighted by Crippen LogP contribution is -2.34. The van der Waals surface area contributed by atoms with Crippen LogP contribution in [0.25, 0.3) is 0 Å². The molecule has 1 aromatic carbocycles. The summed E-state index contributed by atoms with van der Waals surface area (Å²) >= 11 is 5.55. The van der Waals surface area contributed by atoms with Crippen LogP contribution >= 0.6 is 6.64 Å². The van der Waals surface area contributed by atoms with Gasteiger partial charge in [0.2, 0.25) is 0 Å². The van der Waals surface area contributed by atoms with E-state index in [0.717, 1.165) is 6.42 Å². The highest BCUT2D eigenvalue weighted by atomic mass is 32.5. The molecule has 1 aromatic rings. The van der Waals surface area contributed by atoms with Crippen LogP contribution in [0.1, 0.15) is 20.3 Å². The van der Waals surface area contributed by atoms with Gasteiger partial charge in [0, 0.05) is 0 Å². The first kappa shape index (κ1) is 17.2. The molecule has 0 aliphatic carbocycles. The first-order valence-corrected chi connectivity index (χ1v) is 9.63. The van der Waals surface area contributed by atoms with Crippen LogP contribution in [0.15, 0.2) is 24.3 Å². The molecule has 2 rings (SSSR count). The average molecular weight is 345 g/mol. The molecule has 1 saturated heterocycles. The van der Waals surface area contributed by atoms with Crippen molar-refractivity contribution in [1.29, 1.82) is 0 Å². The molecule has 0 radical (unpaired) electrons. The average Bonchev–Trinajstić information content (AvgIpc) is 2.48. The first-order chi connectivity index (χ1) is 10.5. The fourth-order valence-electron chi connectivity index (χ4n) is 2.00. The van der Waals surface area contributed by atoms with Crippen LogP contribution in [0.2, 0.25) is 0 Å². The van der Waals surface area contributed by atoms with Gasteiger partial charge in [0.1, 0.15) is 5.75 Å². The van der Waals surface area contributed by atoms with E-state index < -0.39 is 12.7 Å². The summed E-state index contributed by atoms with van der Waals surface area (Å²) in [5, 5.41) is 0. The summed E-state index contributed by atoms with van der Waals surface area (Å²) in [6.07, 6.45) is 0.123. The summed E-state index contributed by atoms with van der Waals surface area (Å²) in [5.74, 6) is 0.683. The molecular formula is C14H20NO5PS. The monoisotopic (exact) mass is 345 g/mol. The highest BCUT2D eigenvalue weighted by Crippen LogP contribution is 2.58. The number of amides is 1. The van der Waals surface area contributed by atoms with Crippen molar-refractivity contribution in [1.82, 2.24) is 0 Å². The third kappa shape index (κ3) is 3.79. The zero-order valence-corrected chi connectivity index (χ0v) is 14.6. The van der Waals surface area contributed by atoms with Crippen molar-refractivity contribution in [3.63, 3.8) is 0 Å². The molecule has 1 fully saturated rings. The molecule has 1 heterocycles. The van der Waals surface area contributed by atoms with E-state index in [4.69, 9.17) is 30.3 Å². The van der Waals surface area contributed by atoms with E-state index in [9.17, 15) is 4.79 Å². The lowest BCUT2D eigenvalue weighted by molar-refractivity contribution is 0.114. The van der Waals surface area contributed by atoms with Gasteiger partial charge in [-0.2, -0.15) is 0 Å². The van der Waals surface area contributed by atoms with Gasteiger partial charge in [-0.1, -0.05) is 0 Å². The molecule has 6 nitrogen and oxygen atoms in total. The van der Waals surface area contributed by atoms with Crippen LogP contribution in [0.5, 0.6) is 5.75 Å². The summed E-state index contributed by atoms with van der Waals surface area (Å²) < 4.78 is 23.1. The Kier molecular flexibility index (Phi) is 5.81. The lowest BCUT2D eigenvalue weighted by atomic mass is 10.3. The largest absolute Gasteiger partial charge is 0.497 e. The second-order valence-corrected chi connectivity index (χ2v) is 7.91. The number of methoxy groups -OCH3 is 1. The highest BCUT2D eigenvalue weighted by molar-refractivity contribution is 8.11. The normalized spacial score (nSPS) is 24.6. The fourth-order valence-corrected chi connectivity index (χ4v) is 4.99. The predicted molar refractivity (Wildman–Crippen MR) is 87.9 cm³/mol. The molecule has 0 bridgehead atoms. The smallest absolute Gasteiger partial charge is 0.421 e. The van der Waals surface area contributed by atoms with Crippen LogP contribution in [-0.4, -0.2) is 32.5 Å². The Morgan fingerprint density at radius 2 is 2.14 bits per heavy atom. The van der Waals surface area contributed by atoms with Crippen LogP contribution in [0.3, 0.4) is 0 Å². The van der Waals surface area contributed by atoms with Gasteiger partial charge < -0.3 is 18.5 Å². The third-order valence-electron chi connectivity index (χ3n) is 3.09. The highest BCUT2D eigenvalue weighted by Gasteiger charge is 2.39. The van der Waals surface area contributed by atoms with E-state index in [1.165, 1.54) is 4.67 Å². The van der Waals surface area contributed by atoms with Crippen molar-refractivity contribution < 1.29 is 23.3 Å². The van der Waals surface area contributed by atoms with E-state index in [1.807, 2.05) is 6.92 Å². The Hall–Kier alpha value is -1.14. The first-order valence-electron chi connectivity index (χ1n) is 7.04. The topological polar surface area (TPSA) is 57.2 Å². The van der Waals surface area contributed by atoms with Crippen molar-refractivity contribution in [3.05, 3.63) is 24.3 Å². The molecule has 122 valence electrons. The SMILES string of the molecule is CCOC(=O)N(c1ccc(OC)cc1)P1(=S)OCCC(C)O1. The number of carbonyl (C=O) groups is 1. The molecule has 22 heavy (non-hydrogen) atoms. The second kappa shape index (κ2) is 7.42. The molecule has 2 unspecified atom stereocenters. The molecule has 0 saturated carbocycles. The number of nitrogens with zero attached hydrogens (tertiary/aromatic N) is 1. The van der Waals surface area contributed by atoms with Crippen molar-refractivity contribution in [2.24, 2.45) is 0 Å². The van der Waals surface area contributed by atoms with Gasteiger partial charge in [0.25, 0.3) is 6.64 Å². The zero-order valence-electron chi connectivity index (χ0n) is 12.9. The minimum Gasteiger partial charge on any atom is -0.497 e. The summed E-state index contributed by atoms with van der Waals surface area (Å²) in [5.41, 5.74) is 0.566. The quantitative estimate of drug-likeness (QED) is 0.776. The van der Waals surface area contributed by atoms with Gasteiger partial charge in [-0.15, -0.1) is 0 Å². The molecule has 1 aliphatic heterocycles. The molecule has 0 aromatic heterocycles. The maximum absolute atomic E-state index is 12.4. The van der Waals surface area contributed by atoms with E-state index in [0.29, 0.717) is 18.0 Å². The number of ether oxygens (including phenoxy) is 2. The third-order valence-corrected chi connectivity index (χ3v) is 6.18. The van der Waals surface area contributed by atoms with Gasteiger partial charge in [-0.3, -0.25) is 0 Å². The van der Waals surface area contributed by atoms with Crippen molar-refractivity contribution >= 4 is 30.2 Å². The van der Waals surface area contributed by atoms with Gasteiger partial charge in [-0.25, -0.2) is 9.46 Å². The number of hydrogen-bond acceptors (Lipinski definition) is 6. The fraction of sp³-hybridized carbons (Fsp3) is 0.500. The van der Waals surface area contributed by atoms with E-state index >= 15 is 0 Å². The van der Waals surface area contributed by atoms with Crippen molar-refractivity contribution in [3.8, 4) is 5.75 Å². The van der Waals surface area contributed by atoms with E-state index in [-0.39, 0.29) is 12.7 Å². The van der Waals surface area contributed by atoms with Gasteiger partial charge >= 0.3 is 6.09 Å². The number of rotatable bonds is 4. The van der Waals surface area contributed by atoms with Gasteiger partial charge in [0.05, 0.1) is 32.1 Å². The lowest BCUT2D eigenvalue weighted by Gasteiger charge is -2.37. The number of anilines is 1. The molecular weight excluding hydrogens is 325 g/mol. The van der Waals surface area contributed by atoms with Gasteiger partial charge in [0.15, 0.2) is 0 Å². The van der Waals surface area contributed by atoms with Crippen LogP contribution in [0.4, 0.5) is 10.5 Å². The van der Waals surface area contributed by atoms with Crippen LogP contribution < -0.4 is 9.41 Å². The molecule has 1 aliphatic rings. The number of carbonyl (C=O) groups excluding carboxylic acids is 1. The molecule has 2 atom stereocenters. The molecule has 8 heteroatoms. The van der Waals surface area contributed by atoms with E-state index in [1.54, 1.807) is 38.3 Å². The Morgan fingerprint density at radius 3 is 2.68 bits per heavy atom. The predicted octanol–water partition coefficient (Wildman–Crippen LogP) is 3.71. The zero-order chi connectivity index (χ0) is 16.2. The van der Waals surface area contributed by atoms with Crippen LogP contribution in [0, 0.1) is 0 Å². The Morgan fingerprint density at radius 1 is 1.45 bits per heavy atom. The summed E-state index contributed by atoms with van der Waals surface area (Å²) in [6.45, 7) is 1.41. The molecule has 1 amide bonds. The van der Waals surface area contributed by atoms with Gasteiger partial charge in [-0.05, 0) is 56.3 Å². The van der Waals surface area contributed by atoms with Crippen LogP contribution in [-0.2, 0) is 25.6 Å². The minimum absolute atomic E-state index is 0.0604. The van der Waals surface area contributed by atoms with E-state index in [2.05, 4.69) is 0 Å². The molecule has 0 spiro atoms. The maximum Gasteiger partial charge on any atom is 0.421 e. The standard InChI is InChI=1S/C14H20NO5PS/c1-4-18-14(16)15(12-5-7-13(17-3)8-6-12)21(22)19-10-9-11(2)20-21/h5-8,11H,4,9-10H2,1-3H3. The van der Waals surface area contributed by atoms with Crippen molar-refractivity contribution in [2.75, 3.05) is 25.0 Å². The summed E-state index contributed by atoms with van der Waals surface area (Å²) in [6, 6.07) is 6.96. The summed E-state index contributed by atoms with van der Waals surface area (Å²) in [7, 11) is 1.58. The summed E-state index contributed by atoms with van der Waals surface area (Å²) in [4.78, 5) is 12.4. The van der Waals surface area contributed by atoms with Crippen molar-refractivity contribution in [2.45, 2.75) is 26.4 Å². The Balaban J connectivity index is 2.37. The Bertz CT molecular complexity index is 565. The molecule has 0 N–H and O–H groups in total.